The van der Waals surface area contributed by atoms with Gasteiger partial charge in [0.25, 0.3) is 5.56 Å². The number of hydrogen-bond acceptors (Lipinski definition) is 3. The summed E-state index contributed by atoms with van der Waals surface area (Å²) in [6, 6.07) is 14.2. The van der Waals surface area contributed by atoms with Gasteiger partial charge >= 0.3 is 0 Å². The largest absolute Gasteiger partial charge is 0.318 e. The summed E-state index contributed by atoms with van der Waals surface area (Å²) in [5.74, 6) is 0.673. The van der Waals surface area contributed by atoms with Gasteiger partial charge in [-0.3, -0.25) is 4.79 Å². The third-order valence-corrected chi connectivity index (χ3v) is 6.23. The van der Waals surface area contributed by atoms with E-state index in [-0.39, 0.29) is 5.56 Å². The first-order valence-corrected chi connectivity index (χ1v) is 11.6. The fraction of sp³-hybridized carbons (Fsp3) is 0.269. The third-order valence-electron chi connectivity index (χ3n) is 5.74. The number of aromatic nitrogens is 3. The van der Waals surface area contributed by atoms with Crippen LogP contribution in [-0.2, 0) is 6.42 Å². The van der Waals surface area contributed by atoms with Crippen molar-refractivity contribution in [1.82, 2.24) is 14.2 Å². The Morgan fingerprint density at radius 3 is 2.59 bits per heavy atom. The summed E-state index contributed by atoms with van der Waals surface area (Å²) in [5.41, 5.74) is 7.33. The van der Waals surface area contributed by atoms with Crippen molar-refractivity contribution >= 4 is 33.0 Å². The van der Waals surface area contributed by atoms with E-state index in [9.17, 15) is 4.79 Å². The molecule has 0 bridgehead atoms. The Kier molecular flexibility index (Phi) is 6.15. The Morgan fingerprint density at radius 1 is 1.06 bits per heavy atom. The number of fused-ring (bicyclic) bond motifs is 1. The maximum absolute atomic E-state index is 13.2. The molecule has 0 aliphatic rings. The van der Waals surface area contributed by atoms with Gasteiger partial charge in [0.15, 0.2) is 0 Å². The normalized spacial score (nSPS) is 11.7. The average Bonchev–Trinajstić information content (AvgIpc) is 3.03. The van der Waals surface area contributed by atoms with E-state index in [0.29, 0.717) is 23.1 Å². The first-order chi connectivity index (χ1) is 15.3. The fourth-order valence-corrected chi connectivity index (χ4v) is 4.43. The topological polar surface area (TPSA) is 52.2 Å². The van der Waals surface area contributed by atoms with Crippen molar-refractivity contribution in [2.24, 2.45) is 5.10 Å². The van der Waals surface area contributed by atoms with Gasteiger partial charge in [-0.05, 0) is 75.6 Å². The highest BCUT2D eigenvalue weighted by Crippen LogP contribution is 2.24. The lowest BCUT2D eigenvalue weighted by atomic mass is 10.1. The van der Waals surface area contributed by atoms with Crippen LogP contribution < -0.4 is 5.56 Å². The monoisotopic (exact) mass is 490 g/mol. The lowest BCUT2D eigenvalue weighted by Gasteiger charge is -2.13. The lowest BCUT2D eigenvalue weighted by molar-refractivity contribution is 0.703. The summed E-state index contributed by atoms with van der Waals surface area (Å²) in [6.07, 6.45) is 3.33. The highest BCUT2D eigenvalue weighted by atomic mass is 79.9. The van der Waals surface area contributed by atoms with Crippen LogP contribution in [0.5, 0.6) is 0 Å². The van der Waals surface area contributed by atoms with Gasteiger partial charge in [-0.1, -0.05) is 35.0 Å². The number of nitrogens with zero attached hydrogens (tertiary/aromatic N) is 4. The first kappa shape index (κ1) is 22.2. The zero-order valence-corrected chi connectivity index (χ0v) is 20.7. The smallest absolute Gasteiger partial charge is 0.282 e. The van der Waals surface area contributed by atoms with E-state index in [0.717, 1.165) is 27.8 Å². The second-order valence-electron chi connectivity index (χ2n) is 8.25. The molecule has 0 fully saturated rings. The van der Waals surface area contributed by atoms with Crippen molar-refractivity contribution in [3.63, 3.8) is 0 Å². The van der Waals surface area contributed by atoms with Crippen molar-refractivity contribution in [2.45, 2.75) is 47.5 Å². The van der Waals surface area contributed by atoms with E-state index in [4.69, 9.17) is 4.98 Å². The zero-order valence-electron chi connectivity index (χ0n) is 19.1. The summed E-state index contributed by atoms with van der Waals surface area (Å²) < 4.78 is 4.54. The maximum Gasteiger partial charge on any atom is 0.282 e. The number of halogens is 1. The van der Waals surface area contributed by atoms with E-state index < -0.39 is 0 Å². The second kappa shape index (κ2) is 8.87. The molecule has 0 aliphatic heterocycles. The molecule has 4 rings (SSSR count). The van der Waals surface area contributed by atoms with Gasteiger partial charge in [0, 0.05) is 33.5 Å². The summed E-state index contributed by atoms with van der Waals surface area (Å²) in [7, 11) is 0. The predicted octanol–water partition coefficient (Wildman–Crippen LogP) is 6.02. The van der Waals surface area contributed by atoms with Gasteiger partial charge in [-0.2, -0.15) is 9.78 Å². The Morgan fingerprint density at radius 2 is 1.84 bits per heavy atom. The molecule has 0 unspecified atom stereocenters. The van der Waals surface area contributed by atoms with Gasteiger partial charge in [-0.15, -0.1) is 0 Å². The molecule has 2 heterocycles. The molecule has 5 nitrogen and oxygen atoms in total. The van der Waals surface area contributed by atoms with Crippen molar-refractivity contribution in [3.8, 4) is 5.69 Å². The van der Waals surface area contributed by atoms with E-state index in [1.54, 1.807) is 12.3 Å². The molecule has 0 amide bonds. The summed E-state index contributed by atoms with van der Waals surface area (Å²) in [5, 5.41) is 5.16. The number of hydrogen-bond donors (Lipinski definition) is 0. The molecule has 2 aromatic carbocycles. The standard InChI is InChI=1S/C26H27BrN4O/c1-6-7-25-29-23-11-10-21(27)14-22(23)26(32)31(25)28-15-20-13-18(4)30(19(20)5)24-12-16(2)8-9-17(24)3/h8-15H,6-7H2,1-5H3. The third kappa shape index (κ3) is 4.07. The number of benzene rings is 2. The van der Waals surface area contributed by atoms with Crippen LogP contribution >= 0.6 is 15.9 Å². The van der Waals surface area contributed by atoms with Crippen LogP contribution in [0.3, 0.4) is 0 Å². The Balaban J connectivity index is 1.83. The molecule has 0 saturated carbocycles. The highest BCUT2D eigenvalue weighted by Gasteiger charge is 2.13. The molecule has 2 aromatic heterocycles. The van der Waals surface area contributed by atoms with Crippen LogP contribution in [0.2, 0.25) is 0 Å². The van der Waals surface area contributed by atoms with Gasteiger partial charge in [0.05, 0.1) is 17.1 Å². The minimum absolute atomic E-state index is 0.153. The Hall–Kier alpha value is -2.99. The van der Waals surface area contributed by atoms with E-state index in [2.05, 4.69) is 84.5 Å². The molecule has 0 aliphatic carbocycles. The quantitative estimate of drug-likeness (QED) is 0.321. The van der Waals surface area contributed by atoms with Crippen molar-refractivity contribution in [1.29, 1.82) is 0 Å². The molecular weight excluding hydrogens is 464 g/mol. The first-order valence-electron chi connectivity index (χ1n) is 10.8. The minimum atomic E-state index is -0.153. The van der Waals surface area contributed by atoms with Crippen LogP contribution in [0.1, 0.15) is 47.2 Å². The summed E-state index contributed by atoms with van der Waals surface area (Å²) >= 11 is 3.45. The summed E-state index contributed by atoms with van der Waals surface area (Å²) in [6.45, 7) is 10.5. The van der Waals surface area contributed by atoms with Gasteiger partial charge in [-0.25, -0.2) is 4.98 Å². The molecule has 0 saturated heterocycles. The molecular formula is C26H27BrN4O. The SMILES string of the molecule is CCCc1nc2ccc(Br)cc2c(=O)n1N=Cc1cc(C)n(-c2cc(C)ccc2C)c1C. The molecule has 0 N–H and O–H groups in total. The fourth-order valence-electron chi connectivity index (χ4n) is 4.07. The van der Waals surface area contributed by atoms with Gasteiger partial charge < -0.3 is 4.57 Å². The average molecular weight is 491 g/mol. The minimum Gasteiger partial charge on any atom is -0.318 e. The lowest BCUT2D eigenvalue weighted by Crippen LogP contribution is -2.22. The Labute approximate surface area is 196 Å². The maximum atomic E-state index is 13.2. The van der Waals surface area contributed by atoms with E-state index in [1.165, 1.54) is 21.5 Å². The molecule has 0 atom stereocenters. The van der Waals surface area contributed by atoms with Gasteiger partial charge in [0.2, 0.25) is 0 Å². The predicted molar refractivity (Wildman–Crippen MR) is 135 cm³/mol. The second-order valence-corrected chi connectivity index (χ2v) is 9.17. The van der Waals surface area contributed by atoms with Crippen molar-refractivity contribution < 1.29 is 0 Å². The van der Waals surface area contributed by atoms with Crippen LogP contribution in [0.25, 0.3) is 16.6 Å². The Bertz CT molecular complexity index is 1410. The number of aryl methyl sites for hydroxylation is 4. The molecule has 6 heteroatoms. The van der Waals surface area contributed by atoms with Crippen molar-refractivity contribution in [2.75, 3.05) is 0 Å². The number of rotatable bonds is 5. The van der Waals surface area contributed by atoms with Crippen LogP contribution in [-0.4, -0.2) is 20.4 Å². The van der Waals surface area contributed by atoms with E-state index >= 15 is 0 Å². The highest BCUT2D eigenvalue weighted by molar-refractivity contribution is 9.10. The van der Waals surface area contributed by atoms with Crippen LogP contribution in [0.4, 0.5) is 0 Å². The van der Waals surface area contributed by atoms with Crippen LogP contribution in [0.15, 0.2) is 56.8 Å². The zero-order chi connectivity index (χ0) is 23.0. The molecule has 0 radical (unpaired) electrons. The van der Waals surface area contributed by atoms with Crippen LogP contribution in [0, 0.1) is 27.7 Å². The van der Waals surface area contributed by atoms with Crippen molar-refractivity contribution in [3.05, 3.63) is 91.2 Å². The molecule has 4 aromatic rings. The molecule has 32 heavy (non-hydrogen) atoms. The molecule has 0 spiro atoms. The van der Waals surface area contributed by atoms with Gasteiger partial charge in [0.1, 0.15) is 5.82 Å². The van der Waals surface area contributed by atoms with E-state index in [1.807, 2.05) is 12.1 Å². The molecule has 164 valence electrons. The summed E-state index contributed by atoms with van der Waals surface area (Å²) in [4.78, 5) is 18.0.